The van der Waals surface area contributed by atoms with E-state index in [4.69, 9.17) is 27.9 Å². The van der Waals surface area contributed by atoms with Crippen molar-refractivity contribution in [3.8, 4) is 5.75 Å². The number of carbonyl (C=O) groups excluding carboxylic acids is 1. The molecule has 1 N–H and O–H groups in total. The number of hydrogen-bond acceptors (Lipinski definition) is 4. The third-order valence-electron chi connectivity index (χ3n) is 4.65. The lowest BCUT2D eigenvalue weighted by atomic mass is 10.1. The minimum Gasteiger partial charge on any atom is -0.491 e. The number of aryl methyl sites for hydroxylation is 1. The first-order valence-electron chi connectivity index (χ1n) is 9.46. The normalized spacial score (nSPS) is 12.3. The van der Waals surface area contributed by atoms with Crippen molar-refractivity contribution in [2.24, 2.45) is 0 Å². The highest BCUT2D eigenvalue weighted by atomic mass is 35.5. The Bertz CT molecular complexity index is 992. The molecule has 30 heavy (non-hydrogen) atoms. The van der Waals surface area contributed by atoms with Crippen LogP contribution in [0.5, 0.6) is 5.75 Å². The quantitative estimate of drug-likeness (QED) is 0.550. The maximum atomic E-state index is 12.8. The standard InChI is InChI=1S/C21H26Cl2N2O4S/c1-5-19(25(30(4,27)28)18-12-16(22)11-17(23)13-18)21(26)24-9-10-29-20-8-6-7-14(2)15(20)3/h6-8,11-13,19H,5,9-10H2,1-4H3,(H,24,26). The fourth-order valence-electron chi connectivity index (χ4n) is 3.06. The van der Waals surface area contributed by atoms with E-state index in [1.165, 1.54) is 18.2 Å². The van der Waals surface area contributed by atoms with Crippen LogP contribution in [0.15, 0.2) is 36.4 Å². The monoisotopic (exact) mass is 472 g/mol. The smallest absolute Gasteiger partial charge is 0.244 e. The third-order valence-corrected chi connectivity index (χ3v) is 6.26. The summed E-state index contributed by atoms with van der Waals surface area (Å²) in [6.45, 7) is 6.19. The van der Waals surface area contributed by atoms with Crippen LogP contribution in [0, 0.1) is 13.8 Å². The lowest BCUT2D eigenvalue weighted by Crippen LogP contribution is -2.50. The van der Waals surface area contributed by atoms with E-state index in [-0.39, 0.29) is 35.3 Å². The van der Waals surface area contributed by atoms with E-state index < -0.39 is 22.0 Å². The SMILES string of the molecule is CCC(C(=O)NCCOc1cccc(C)c1C)N(c1cc(Cl)cc(Cl)c1)S(C)(=O)=O. The van der Waals surface area contributed by atoms with Crippen molar-refractivity contribution in [3.05, 3.63) is 57.6 Å². The molecule has 164 valence electrons. The second-order valence-electron chi connectivity index (χ2n) is 6.95. The van der Waals surface area contributed by atoms with Crippen LogP contribution in [0.2, 0.25) is 10.0 Å². The Morgan fingerprint density at radius 2 is 1.80 bits per heavy atom. The third kappa shape index (κ3) is 6.27. The van der Waals surface area contributed by atoms with E-state index >= 15 is 0 Å². The van der Waals surface area contributed by atoms with Gasteiger partial charge in [-0.2, -0.15) is 0 Å². The van der Waals surface area contributed by atoms with Gasteiger partial charge in [-0.15, -0.1) is 0 Å². The van der Waals surface area contributed by atoms with Gasteiger partial charge in [0.05, 0.1) is 18.5 Å². The topological polar surface area (TPSA) is 75.7 Å². The van der Waals surface area contributed by atoms with Gasteiger partial charge in [-0.05, 0) is 55.7 Å². The number of ether oxygens (including phenoxy) is 1. The minimum atomic E-state index is -3.77. The predicted octanol–water partition coefficient (Wildman–Crippen LogP) is 4.35. The summed E-state index contributed by atoms with van der Waals surface area (Å²) in [5.41, 5.74) is 2.39. The summed E-state index contributed by atoms with van der Waals surface area (Å²) < 4.78 is 31.7. The zero-order chi connectivity index (χ0) is 22.5. The van der Waals surface area contributed by atoms with E-state index in [1.807, 2.05) is 32.0 Å². The maximum absolute atomic E-state index is 12.8. The number of nitrogens with one attached hydrogen (secondary N) is 1. The number of benzene rings is 2. The molecule has 0 fully saturated rings. The van der Waals surface area contributed by atoms with Crippen molar-refractivity contribution >= 4 is 44.8 Å². The molecule has 2 aromatic carbocycles. The van der Waals surface area contributed by atoms with Crippen LogP contribution in [-0.2, 0) is 14.8 Å². The molecule has 9 heteroatoms. The number of halogens is 2. The molecule has 0 aliphatic heterocycles. The molecule has 0 heterocycles. The Hall–Kier alpha value is -1.96. The van der Waals surface area contributed by atoms with Crippen LogP contribution in [0.1, 0.15) is 24.5 Å². The van der Waals surface area contributed by atoms with Crippen LogP contribution >= 0.6 is 23.2 Å². The maximum Gasteiger partial charge on any atom is 0.244 e. The molecule has 1 amide bonds. The van der Waals surface area contributed by atoms with Crippen LogP contribution in [0.3, 0.4) is 0 Å². The molecule has 0 aliphatic rings. The number of hydrogen-bond donors (Lipinski definition) is 1. The minimum absolute atomic E-state index is 0.233. The molecule has 1 atom stereocenters. The summed E-state index contributed by atoms with van der Waals surface area (Å²) in [5.74, 6) is 0.325. The van der Waals surface area contributed by atoms with Gasteiger partial charge in [0.25, 0.3) is 0 Å². The second-order valence-corrected chi connectivity index (χ2v) is 9.68. The molecular weight excluding hydrogens is 447 g/mol. The molecular formula is C21H26Cl2N2O4S. The lowest BCUT2D eigenvalue weighted by molar-refractivity contribution is -0.122. The first kappa shape index (κ1) is 24.3. The van der Waals surface area contributed by atoms with Gasteiger partial charge >= 0.3 is 0 Å². The second kappa shape index (κ2) is 10.4. The van der Waals surface area contributed by atoms with Crippen LogP contribution in [-0.4, -0.2) is 39.8 Å². The predicted molar refractivity (Wildman–Crippen MR) is 122 cm³/mol. The average Bonchev–Trinajstić information content (AvgIpc) is 2.64. The van der Waals surface area contributed by atoms with Gasteiger partial charge in [0.1, 0.15) is 18.4 Å². The zero-order valence-corrected chi connectivity index (χ0v) is 19.7. The van der Waals surface area contributed by atoms with Gasteiger partial charge in [-0.1, -0.05) is 42.3 Å². The van der Waals surface area contributed by atoms with Crippen molar-refractivity contribution in [2.45, 2.75) is 33.2 Å². The van der Waals surface area contributed by atoms with E-state index in [2.05, 4.69) is 5.32 Å². The van der Waals surface area contributed by atoms with Gasteiger partial charge in [0, 0.05) is 10.0 Å². The molecule has 2 rings (SSSR count). The van der Waals surface area contributed by atoms with Gasteiger partial charge in [-0.25, -0.2) is 8.42 Å². The summed E-state index contributed by atoms with van der Waals surface area (Å²) in [6, 6.07) is 9.25. The van der Waals surface area contributed by atoms with Gasteiger partial charge in [-0.3, -0.25) is 9.10 Å². The summed E-state index contributed by atoms with van der Waals surface area (Å²) in [5, 5.41) is 3.32. The van der Waals surface area contributed by atoms with Gasteiger partial charge in [0.2, 0.25) is 15.9 Å². The number of anilines is 1. The molecule has 0 saturated carbocycles. The summed E-state index contributed by atoms with van der Waals surface area (Å²) in [4.78, 5) is 12.8. The van der Waals surface area contributed by atoms with Crippen molar-refractivity contribution in [1.29, 1.82) is 0 Å². The Morgan fingerprint density at radius 1 is 1.17 bits per heavy atom. The first-order valence-corrected chi connectivity index (χ1v) is 12.1. The molecule has 0 aliphatic carbocycles. The van der Waals surface area contributed by atoms with E-state index in [1.54, 1.807) is 6.92 Å². The molecule has 2 aromatic rings. The summed E-state index contributed by atoms with van der Waals surface area (Å²) >= 11 is 12.1. The van der Waals surface area contributed by atoms with E-state index in [0.29, 0.717) is 0 Å². The van der Waals surface area contributed by atoms with Crippen LogP contribution in [0.4, 0.5) is 5.69 Å². The molecule has 0 spiro atoms. The molecule has 0 saturated heterocycles. The van der Waals surface area contributed by atoms with Crippen molar-refractivity contribution in [3.63, 3.8) is 0 Å². The Morgan fingerprint density at radius 3 is 2.37 bits per heavy atom. The first-order chi connectivity index (χ1) is 14.0. The molecule has 6 nitrogen and oxygen atoms in total. The summed E-state index contributed by atoms with van der Waals surface area (Å²) in [7, 11) is -3.77. The number of nitrogens with zero attached hydrogens (tertiary/aromatic N) is 1. The summed E-state index contributed by atoms with van der Waals surface area (Å²) in [6.07, 6.45) is 1.31. The van der Waals surface area contributed by atoms with Crippen LogP contribution < -0.4 is 14.4 Å². The lowest BCUT2D eigenvalue weighted by Gasteiger charge is -2.30. The Labute approximate surface area is 188 Å². The number of rotatable bonds is 9. The van der Waals surface area contributed by atoms with Crippen molar-refractivity contribution in [1.82, 2.24) is 5.32 Å². The van der Waals surface area contributed by atoms with Gasteiger partial charge < -0.3 is 10.1 Å². The molecule has 0 bridgehead atoms. The highest BCUT2D eigenvalue weighted by molar-refractivity contribution is 7.92. The number of amides is 1. The Balaban J connectivity index is 2.11. The molecule has 1 unspecified atom stereocenters. The highest BCUT2D eigenvalue weighted by Gasteiger charge is 2.31. The highest BCUT2D eigenvalue weighted by Crippen LogP contribution is 2.29. The molecule has 0 aromatic heterocycles. The average molecular weight is 473 g/mol. The number of carbonyl (C=O) groups is 1. The number of sulfonamides is 1. The van der Waals surface area contributed by atoms with Crippen molar-refractivity contribution in [2.75, 3.05) is 23.7 Å². The Kier molecular flexibility index (Phi) is 8.41. The fourth-order valence-corrected chi connectivity index (χ4v) is 4.77. The molecule has 0 radical (unpaired) electrons. The van der Waals surface area contributed by atoms with Crippen LogP contribution in [0.25, 0.3) is 0 Å². The fraction of sp³-hybridized carbons (Fsp3) is 0.381. The largest absolute Gasteiger partial charge is 0.491 e. The zero-order valence-electron chi connectivity index (χ0n) is 17.4. The van der Waals surface area contributed by atoms with E-state index in [9.17, 15) is 13.2 Å². The van der Waals surface area contributed by atoms with Gasteiger partial charge in [0.15, 0.2) is 0 Å². The van der Waals surface area contributed by atoms with Crippen molar-refractivity contribution < 1.29 is 17.9 Å². The van der Waals surface area contributed by atoms with E-state index in [0.717, 1.165) is 27.4 Å².